The van der Waals surface area contributed by atoms with Gasteiger partial charge >= 0.3 is 21.3 Å². The number of hydrogen-bond donors (Lipinski definition) is 6. The summed E-state index contributed by atoms with van der Waals surface area (Å²) in [6.45, 7) is -1.44. The minimum absolute atomic E-state index is 0.208. The summed E-state index contributed by atoms with van der Waals surface area (Å²) in [6, 6.07) is 0. The topological polar surface area (TPSA) is 267 Å². The van der Waals surface area contributed by atoms with Crippen molar-refractivity contribution in [1.29, 1.82) is 0 Å². The minimum Gasteiger partial charge on any atom is -0.386 e. The lowest BCUT2D eigenvalue weighted by molar-refractivity contribution is -0.0542. The van der Waals surface area contributed by atoms with Gasteiger partial charge in [-0.1, -0.05) is 5.11 Å². The first kappa shape index (κ1) is 23.4. The highest BCUT2D eigenvalue weighted by Gasteiger charge is 2.49. The lowest BCUT2D eigenvalue weighted by atomic mass is 10.1. The average molecular weight is 459 g/mol. The molecule has 0 radical (unpaired) electrons. The molecule has 0 aromatic carbocycles. The van der Waals surface area contributed by atoms with Crippen LogP contribution in [0.3, 0.4) is 0 Å². The zero-order valence-corrected chi connectivity index (χ0v) is 15.9. The summed E-state index contributed by atoms with van der Waals surface area (Å²) in [7, 11) is -10.2. The molecule has 0 amide bonds. The number of rotatable bonds is 8. The van der Waals surface area contributed by atoms with E-state index in [9.17, 15) is 23.8 Å². The number of aliphatic hydroxyl groups excluding tert-OH is 1. The fourth-order valence-electron chi connectivity index (χ4n) is 2.48. The van der Waals surface area contributed by atoms with Gasteiger partial charge in [-0.2, -0.15) is 0 Å². The molecule has 1 saturated heterocycles. The SMILES string of the molecule is [N-]=[N+]=NCc1cn([C@@H]2O[C@H](COP(=O)(O)O)[C@@H](OP(=O)(O)O)[C@H]2O)c(=O)[nH]c1=O. The van der Waals surface area contributed by atoms with E-state index in [1.807, 2.05) is 4.98 Å². The molecule has 19 heteroatoms. The number of hydrogen-bond acceptors (Lipinski definition) is 9. The Labute approximate surface area is 159 Å². The Morgan fingerprint density at radius 3 is 2.48 bits per heavy atom. The van der Waals surface area contributed by atoms with Crippen LogP contribution in [0.2, 0.25) is 0 Å². The lowest BCUT2D eigenvalue weighted by Gasteiger charge is -2.21. The predicted molar refractivity (Wildman–Crippen MR) is 89.0 cm³/mol. The third kappa shape index (κ3) is 6.30. The van der Waals surface area contributed by atoms with E-state index in [0.29, 0.717) is 4.57 Å². The van der Waals surface area contributed by atoms with Crippen LogP contribution in [0.15, 0.2) is 20.9 Å². The fourth-order valence-corrected chi connectivity index (χ4v) is 3.40. The molecule has 0 saturated carbocycles. The maximum Gasteiger partial charge on any atom is 0.470 e. The maximum atomic E-state index is 12.1. The third-order valence-corrected chi connectivity index (χ3v) is 4.60. The maximum absolute atomic E-state index is 12.1. The standard InChI is InChI=1S/C10H15N5O12P2/c11-14-12-1-4-2-15(10(18)13-8(4)17)9-6(16)7(27-29(22,23)24)5(26-9)3-25-28(19,20)21/h2,5-7,9,16H,1,3H2,(H,13,17,18)(H2,19,20,21)(H2,22,23,24)/t5-,6-,7-,9-/m1/s1. The smallest absolute Gasteiger partial charge is 0.386 e. The highest BCUT2D eigenvalue weighted by atomic mass is 31.2. The first-order chi connectivity index (χ1) is 13.3. The Bertz CT molecular complexity index is 1010. The van der Waals surface area contributed by atoms with Crippen molar-refractivity contribution in [2.45, 2.75) is 31.1 Å². The number of ether oxygens (including phenoxy) is 1. The molecule has 1 aromatic rings. The van der Waals surface area contributed by atoms with Crippen LogP contribution >= 0.6 is 15.6 Å². The number of aromatic nitrogens is 2. The molecule has 1 aliphatic rings. The monoisotopic (exact) mass is 459 g/mol. The van der Waals surface area contributed by atoms with E-state index in [4.69, 9.17) is 29.8 Å². The summed E-state index contributed by atoms with van der Waals surface area (Å²) in [5.41, 5.74) is 6.14. The van der Waals surface area contributed by atoms with Crippen LogP contribution in [0.25, 0.3) is 10.4 Å². The Hall–Kier alpha value is -1.87. The number of phosphoric ester groups is 2. The van der Waals surface area contributed by atoms with Crippen LogP contribution in [0.1, 0.15) is 11.8 Å². The van der Waals surface area contributed by atoms with Crippen LogP contribution in [0.4, 0.5) is 0 Å². The lowest BCUT2D eigenvalue weighted by Crippen LogP contribution is -2.39. The average Bonchev–Trinajstić information content (AvgIpc) is 2.86. The van der Waals surface area contributed by atoms with E-state index in [1.165, 1.54) is 0 Å². The zero-order chi connectivity index (χ0) is 22.0. The highest BCUT2D eigenvalue weighted by Crippen LogP contribution is 2.45. The van der Waals surface area contributed by atoms with Crippen molar-refractivity contribution in [2.75, 3.05) is 6.61 Å². The van der Waals surface area contributed by atoms with Crippen molar-refractivity contribution in [3.63, 3.8) is 0 Å². The highest BCUT2D eigenvalue weighted by molar-refractivity contribution is 7.46. The number of aliphatic hydroxyl groups is 1. The van der Waals surface area contributed by atoms with E-state index in [-0.39, 0.29) is 5.56 Å². The summed E-state index contributed by atoms with van der Waals surface area (Å²) in [5, 5.41) is 13.5. The summed E-state index contributed by atoms with van der Waals surface area (Å²) < 4.78 is 36.5. The van der Waals surface area contributed by atoms with Gasteiger partial charge < -0.3 is 29.4 Å². The molecule has 6 N–H and O–H groups in total. The van der Waals surface area contributed by atoms with Crippen LogP contribution in [-0.4, -0.2) is 59.2 Å². The third-order valence-electron chi connectivity index (χ3n) is 3.60. The van der Waals surface area contributed by atoms with Crippen molar-refractivity contribution in [3.05, 3.63) is 43.0 Å². The molecular weight excluding hydrogens is 444 g/mol. The van der Waals surface area contributed by atoms with Crippen molar-refractivity contribution in [2.24, 2.45) is 5.11 Å². The molecule has 0 unspecified atom stereocenters. The largest absolute Gasteiger partial charge is 0.470 e. The van der Waals surface area contributed by atoms with Crippen LogP contribution in [0, 0.1) is 0 Å². The molecule has 1 aromatic heterocycles. The number of phosphoric acid groups is 2. The second kappa shape index (κ2) is 8.87. The number of nitrogens with one attached hydrogen (secondary N) is 1. The molecule has 0 bridgehead atoms. The second-order valence-electron chi connectivity index (χ2n) is 5.61. The van der Waals surface area contributed by atoms with Gasteiger partial charge in [0.05, 0.1) is 13.2 Å². The molecule has 0 aliphatic carbocycles. The van der Waals surface area contributed by atoms with Gasteiger partial charge in [0.25, 0.3) is 5.56 Å². The van der Waals surface area contributed by atoms with Gasteiger partial charge in [0.2, 0.25) is 0 Å². The van der Waals surface area contributed by atoms with Gasteiger partial charge in [-0.25, -0.2) is 13.9 Å². The Kier molecular flexibility index (Phi) is 7.16. The molecule has 2 rings (SSSR count). The first-order valence-corrected chi connectivity index (χ1v) is 10.5. The molecule has 1 fully saturated rings. The van der Waals surface area contributed by atoms with Gasteiger partial charge in [0.15, 0.2) is 6.23 Å². The van der Waals surface area contributed by atoms with E-state index in [0.717, 1.165) is 6.20 Å². The number of aromatic amines is 1. The van der Waals surface area contributed by atoms with Crippen LogP contribution in [0.5, 0.6) is 0 Å². The van der Waals surface area contributed by atoms with Gasteiger partial charge in [-0.3, -0.25) is 23.4 Å². The normalized spacial score (nSPS) is 25.0. The van der Waals surface area contributed by atoms with Crippen molar-refractivity contribution in [3.8, 4) is 0 Å². The summed E-state index contributed by atoms with van der Waals surface area (Å²) in [6.07, 6.45) is -6.26. The molecule has 0 spiro atoms. The Balaban J connectivity index is 2.41. The van der Waals surface area contributed by atoms with Crippen LogP contribution < -0.4 is 11.2 Å². The molecule has 162 valence electrons. The van der Waals surface area contributed by atoms with Crippen LogP contribution in [-0.2, 0) is 29.5 Å². The molecule has 2 heterocycles. The molecular formula is C10H15N5O12P2. The van der Waals surface area contributed by atoms with Gasteiger partial charge in [-0.05, 0) is 5.53 Å². The van der Waals surface area contributed by atoms with E-state index in [1.54, 1.807) is 0 Å². The van der Waals surface area contributed by atoms with Crippen molar-refractivity contribution in [1.82, 2.24) is 9.55 Å². The summed E-state index contributed by atoms with van der Waals surface area (Å²) in [5.74, 6) is 0. The van der Waals surface area contributed by atoms with E-state index in [2.05, 4.69) is 19.1 Å². The van der Waals surface area contributed by atoms with Crippen molar-refractivity contribution >= 4 is 15.6 Å². The summed E-state index contributed by atoms with van der Waals surface area (Å²) in [4.78, 5) is 63.7. The molecule has 17 nitrogen and oxygen atoms in total. The van der Waals surface area contributed by atoms with Gasteiger partial charge in [0.1, 0.15) is 18.3 Å². The molecule has 4 atom stereocenters. The fraction of sp³-hybridized carbons (Fsp3) is 0.600. The summed E-state index contributed by atoms with van der Waals surface area (Å²) >= 11 is 0. The predicted octanol–water partition coefficient (Wildman–Crippen LogP) is -1.81. The number of nitrogens with zero attached hydrogens (tertiary/aromatic N) is 4. The number of azide groups is 1. The molecule has 1 aliphatic heterocycles. The van der Waals surface area contributed by atoms with E-state index >= 15 is 0 Å². The molecule has 29 heavy (non-hydrogen) atoms. The van der Waals surface area contributed by atoms with E-state index < -0.39 is 64.6 Å². The van der Waals surface area contributed by atoms with Gasteiger partial charge in [0, 0.05) is 16.7 Å². The minimum atomic E-state index is -5.21. The Morgan fingerprint density at radius 1 is 1.28 bits per heavy atom. The quantitative estimate of drug-likeness (QED) is 0.109. The van der Waals surface area contributed by atoms with Gasteiger partial charge in [-0.15, -0.1) is 0 Å². The zero-order valence-electron chi connectivity index (χ0n) is 14.1. The second-order valence-corrected chi connectivity index (χ2v) is 8.04. The Morgan fingerprint density at radius 2 is 1.93 bits per heavy atom. The first-order valence-electron chi connectivity index (χ1n) is 7.45. The number of H-pyrrole nitrogens is 1. The van der Waals surface area contributed by atoms with Crippen molar-refractivity contribution < 1.29 is 47.6 Å².